The predicted octanol–water partition coefficient (Wildman–Crippen LogP) is 1.85. The van der Waals surface area contributed by atoms with Gasteiger partial charge in [-0.3, -0.25) is 0 Å². The van der Waals surface area contributed by atoms with Crippen LogP contribution in [0.3, 0.4) is 0 Å². The second kappa shape index (κ2) is 5.09. The summed E-state index contributed by atoms with van der Waals surface area (Å²) < 4.78 is 37.0. The first-order chi connectivity index (χ1) is 8.52. The minimum absolute atomic E-state index is 0.0251. The van der Waals surface area contributed by atoms with Crippen LogP contribution in [0.15, 0.2) is 12.1 Å². The molecule has 1 fully saturated rings. The average molecular weight is 261 g/mol. The molecule has 1 atom stereocenters. The maximum absolute atomic E-state index is 12.3. The van der Waals surface area contributed by atoms with Gasteiger partial charge in [0, 0.05) is 6.54 Å². The number of aliphatic hydroxyl groups is 1. The average Bonchev–Trinajstić information content (AvgIpc) is 2.38. The van der Waals surface area contributed by atoms with Gasteiger partial charge in [0.25, 0.3) is 0 Å². The lowest BCUT2D eigenvalue weighted by Crippen LogP contribution is -2.42. The van der Waals surface area contributed by atoms with Crippen molar-refractivity contribution in [2.75, 3.05) is 18.1 Å². The third-order valence-corrected chi connectivity index (χ3v) is 3.07. The molecule has 0 aromatic carbocycles. The molecular weight excluding hydrogens is 247 g/mol. The van der Waals surface area contributed by atoms with Crippen molar-refractivity contribution >= 4 is 5.82 Å². The van der Waals surface area contributed by atoms with Gasteiger partial charge in [0.05, 0.1) is 12.6 Å². The summed E-state index contributed by atoms with van der Waals surface area (Å²) in [5.41, 5.74) is -0.996. The molecule has 1 aliphatic heterocycles. The lowest BCUT2D eigenvalue weighted by molar-refractivity contribution is -0.141. The van der Waals surface area contributed by atoms with Crippen LogP contribution in [0.5, 0.6) is 0 Å². The van der Waals surface area contributed by atoms with E-state index < -0.39 is 11.9 Å². The summed E-state index contributed by atoms with van der Waals surface area (Å²) in [5, 5.41) is 16.0. The number of hydrogen-bond acceptors (Lipinski definition) is 4. The second-order valence-corrected chi connectivity index (χ2v) is 4.30. The van der Waals surface area contributed by atoms with E-state index in [1.54, 1.807) is 0 Å². The Kier molecular flexibility index (Phi) is 3.70. The van der Waals surface area contributed by atoms with Crippen LogP contribution in [0.1, 0.15) is 25.0 Å². The standard InChI is InChI=1S/C11H14F3N3O/c12-11(13,14)9-4-5-10(16-15-9)17-6-2-1-3-8(17)7-18/h4-5,8,18H,1-3,6-7H2. The molecule has 0 amide bonds. The summed E-state index contributed by atoms with van der Waals surface area (Å²) in [6.45, 7) is 0.661. The molecule has 1 saturated heterocycles. The van der Waals surface area contributed by atoms with Gasteiger partial charge in [-0.2, -0.15) is 13.2 Å². The summed E-state index contributed by atoms with van der Waals surface area (Å²) >= 11 is 0. The topological polar surface area (TPSA) is 49.2 Å². The van der Waals surface area contributed by atoms with Crippen molar-refractivity contribution < 1.29 is 18.3 Å². The molecule has 4 nitrogen and oxygen atoms in total. The highest BCUT2D eigenvalue weighted by Crippen LogP contribution is 2.28. The predicted molar refractivity (Wildman–Crippen MR) is 59.1 cm³/mol. The van der Waals surface area contributed by atoms with Crippen LogP contribution in [0.4, 0.5) is 19.0 Å². The largest absolute Gasteiger partial charge is 0.435 e. The number of rotatable bonds is 2. The molecule has 18 heavy (non-hydrogen) atoms. The molecule has 7 heteroatoms. The van der Waals surface area contributed by atoms with Crippen LogP contribution in [0, 0.1) is 0 Å². The quantitative estimate of drug-likeness (QED) is 0.882. The van der Waals surface area contributed by atoms with Crippen LogP contribution >= 0.6 is 0 Å². The number of hydrogen-bond donors (Lipinski definition) is 1. The Labute approximate surface area is 102 Å². The van der Waals surface area contributed by atoms with Crippen molar-refractivity contribution in [2.45, 2.75) is 31.5 Å². The molecule has 2 heterocycles. The van der Waals surface area contributed by atoms with Gasteiger partial charge >= 0.3 is 6.18 Å². The van der Waals surface area contributed by atoms with E-state index in [4.69, 9.17) is 0 Å². The summed E-state index contributed by atoms with van der Waals surface area (Å²) in [4.78, 5) is 1.82. The van der Waals surface area contributed by atoms with Gasteiger partial charge in [0.15, 0.2) is 11.5 Å². The van der Waals surface area contributed by atoms with E-state index >= 15 is 0 Å². The number of alkyl halides is 3. The van der Waals surface area contributed by atoms with Crippen LogP contribution in [0.25, 0.3) is 0 Å². The van der Waals surface area contributed by atoms with Gasteiger partial charge in [0.2, 0.25) is 0 Å². The Morgan fingerprint density at radius 1 is 1.28 bits per heavy atom. The summed E-state index contributed by atoms with van der Waals surface area (Å²) in [6, 6.07) is 2.15. The van der Waals surface area contributed by atoms with Crippen molar-refractivity contribution in [3.63, 3.8) is 0 Å². The first-order valence-electron chi connectivity index (χ1n) is 5.81. The van der Waals surface area contributed by atoms with Crippen molar-refractivity contribution in [3.05, 3.63) is 17.8 Å². The SMILES string of the molecule is OCC1CCCCN1c1ccc(C(F)(F)F)nn1. The van der Waals surface area contributed by atoms with Gasteiger partial charge < -0.3 is 10.0 Å². The molecular formula is C11H14F3N3O. The Hall–Kier alpha value is -1.37. The van der Waals surface area contributed by atoms with E-state index in [0.29, 0.717) is 12.4 Å². The zero-order valence-electron chi connectivity index (χ0n) is 9.69. The van der Waals surface area contributed by atoms with E-state index in [1.165, 1.54) is 6.07 Å². The molecule has 0 radical (unpaired) electrons. The smallest absolute Gasteiger partial charge is 0.394 e. The molecule has 1 aliphatic rings. The van der Waals surface area contributed by atoms with Gasteiger partial charge in [-0.25, -0.2) is 0 Å². The molecule has 0 saturated carbocycles. The van der Waals surface area contributed by atoms with E-state index in [-0.39, 0.29) is 12.6 Å². The number of aromatic nitrogens is 2. The fourth-order valence-corrected chi connectivity index (χ4v) is 2.12. The van der Waals surface area contributed by atoms with E-state index in [0.717, 1.165) is 25.3 Å². The highest BCUT2D eigenvalue weighted by atomic mass is 19.4. The molecule has 0 aliphatic carbocycles. The zero-order valence-corrected chi connectivity index (χ0v) is 9.69. The third kappa shape index (κ3) is 2.72. The Morgan fingerprint density at radius 3 is 2.61 bits per heavy atom. The highest BCUT2D eigenvalue weighted by Gasteiger charge is 2.33. The van der Waals surface area contributed by atoms with E-state index in [1.807, 2.05) is 4.90 Å². The molecule has 1 aromatic heterocycles. The van der Waals surface area contributed by atoms with Crippen LogP contribution in [-0.2, 0) is 6.18 Å². The lowest BCUT2D eigenvalue weighted by Gasteiger charge is -2.35. The Bertz CT molecular complexity index is 394. The number of anilines is 1. The molecule has 1 aromatic rings. The molecule has 0 spiro atoms. The molecule has 100 valence electrons. The van der Waals surface area contributed by atoms with E-state index in [9.17, 15) is 18.3 Å². The van der Waals surface area contributed by atoms with Crippen molar-refractivity contribution in [3.8, 4) is 0 Å². The molecule has 1 unspecified atom stereocenters. The van der Waals surface area contributed by atoms with Gasteiger partial charge in [-0.1, -0.05) is 0 Å². The Balaban J connectivity index is 2.18. The van der Waals surface area contributed by atoms with Crippen molar-refractivity contribution in [1.29, 1.82) is 0 Å². The zero-order chi connectivity index (χ0) is 13.2. The van der Waals surface area contributed by atoms with Crippen LogP contribution < -0.4 is 4.90 Å². The number of nitrogens with zero attached hydrogens (tertiary/aromatic N) is 3. The summed E-state index contributed by atoms with van der Waals surface area (Å²) in [7, 11) is 0. The molecule has 1 N–H and O–H groups in total. The number of piperidine rings is 1. The van der Waals surface area contributed by atoms with Gasteiger partial charge in [-0.05, 0) is 31.4 Å². The van der Waals surface area contributed by atoms with Crippen molar-refractivity contribution in [2.24, 2.45) is 0 Å². The fourth-order valence-electron chi connectivity index (χ4n) is 2.12. The highest BCUT2D eigenvalue weighted by molar-refractivity contribution is 5.39. The van der Waals surface area contributed by atoms with E-state index in [2.05, 4.69) is 10.2 Å². The lowest BCUT2D eigenvalue weighted by atomic mass is 10.0. The van der Waals surface area contributed by atoms with Crippen LogP contribution in [0.2, 0.25) is 0 Å². The number of aliphatic hydroxyl groups excluding tert-OH is 1. The van der Waals surface area contributed by atoms with Gasteiger partial charge in [-0.15, -0.1) is 10.2 Å². The molecule has 0 bridgehead atoms. The first kappa shape index (κ1) is 13.1. The fraction of sp³-hybridized carbons (Fsp3) is 0.636. The third-order valence-electron chi connectivity index (χ3n) is 3.07. The first-order valence-corrected chi connectivity index (χ1v) is 5.81. The summed E-state index contributed by atoms with van der Waals surface area (Å²) in [6.07, 6.45) is -1.70. The van der Waals surface area contributed by atoms with Gasteiger partial charge in [0.1, 0.15) is 0 Å². The minimum atomic E-state index is -4.47. The maximum Gasteiger partial charge on any atom is 0.435 e. The second-order valence-electron chi connectivity index (χ2n) is 4.30. The van der Waals surface area contributed by atoms with Crippen LogP contribution in [-0.4, -0.2) is 34.5 Å². The Morgan fingerprint density at radius 2 is 2.06 bits per heavy atom. The van der Waals surface area contributed by atoms with Crippen molar-refractivity contribution in [1.82, 2.24) is 10.2 Å². The minimum Gasteiger partial charge on any atom is -0.394 e. The number of halogens is 3. The monoisotopic (exact) mass is 261 g/mol. The normalized spacial score (nSPS) is 21.1. The maximum atomic E-state index is 12.3. The summed E-state index contributed by atoms with van der Waals surface area (Å²) in [5.74, 6) is 0.391. The molecule has 2 rings (SSSR count).